The molecule has 6 heteroatoms. The van der Waals surface area contributed by atoms with Crippen molar-refractivity contribution in [1.29, 1.82) is 0 Å². The van der Waals surface area contributed by atoms with Gasteiger partial charge in [-0.2, -0.15) is 0 Å². The molecule has 1 aliphatic heterocycles. The number of carbonyl (C=O) groups is 1. The Morgan fingerprint density at radius 2 is 1.82 bits per heavy atom. The van der Waals surface area contributed by atoms with Gasteiger partial charge in [-0.05, 0) is 30.0 Å². The first-order valence-electron chi connectivity index (χ1n) is 12.0. The van der Waals surface area contributed by atoms with Crippen LogP contribution in [0, 0.1) is 5.92 Å². The molecule has 0 unspecified atom stereocenters. The minimum atomic E-state index is -0.0901. The van der Waals surface area contributed by atoms with Gasteiger partial charge >= 0.3 is 0 Å². The number of benzene rings is 1. The fourth-order valence-corrected chi connectivity index (χ4v) is 4.57. The molecule has 1 saturated heterocycles. The molecule has 3 aromatic rings. The average Bonchev–Trinajstić information content (AvgIpc) is 3.00. The highest BCUT2D eigenvalue weighted by Crippen LogP contribution is 2.27. The number of rotatable bonds is 8. The number of hydrogen-bond donors (Lipinski definition) is 0. The second-order valence-corrected chi connectivity index (χ2v) is 8.72. The minimum Gasteiger partial charge on any atom is -0.341 e. The first kappa shape index (κ1) is 23.1. The summed E-state index contributed by atoms with van der Waals surface area (Å²) in [5, 5.41) is 0. The van der Waals surface area contributed by atoms with Crippen LogP contribution in [-0.2, 0) is 24.2 Å². The zero-order chi connectivity index (χ0) is 23.0. The quantitative estimate of drug-likeness (QED) is 0.526. The van der Waals surface area contributed by atoms with Crippen LogP contribution in [0.15, 0.2) is 61.2 Å². The summed E-state index contributed by atoms with van der Waals surface area (Å²) in [6.45, 7) is 8.12. The maximum Gasteiger partial charge on any atom is 0.227 e. The Bertz CT molecular complexity index is 1040. The lowest BCUT2D eigenvalue weighted by Crippen LogP contribution is -2.37. The molecule has 2 aromatic heterocycles. The van der Waals surface area contributed by atoms with E-state index < -0.39 is 0 Å². The SMILES string of the molecule is CCCN1CCN(Cc2cnc(CC)nc2)C[C@@H](Cc2ccccc2-c2cccnc2)C1=O. The fourth-order valence-electron chi connectivity index (χ4n) is 4.57. The molecule has 0 aliphatic carbocycles. The van der Waals surface area contributed by atoms with Gasteiger partial charge in [0.25, 0.3) is 0 Å². The Balaban J connectivity index is 1.57. The van der Waals surface area contributed by atoms with Crippen molar-refractivity contribution in [2.45, 2.75) is 39.7 Å². The Morgan fingerprint density at radius 3 is 2.55 bits per heavy atom. The third-order valence-corrected chi connectivity index (χ3v) is 6.26. The fraction of sp³-hybridized carbons (Fsp3) is 0.407. The molecule has 1 atom stereocenters. The van der Waals surface area contributed by atoms with Gasteiger partial charge < -0.3 is 4.90 Å². The molecule has 1 aliphatic rings. The monoisotopic (exact) mass is 443 g/mol. The molecule has 4 rings (SSSR count). The Kier molecular flexibility index (Phi) is 7.79. The largest absolute Gasteiger partial charge is 0.341 e. The van der Waals surface area contributed by atoms with E-state index in [0.717, 1.165) is 68.1 Å². The molecule has 0 spiro atoms. The molecule has 0 N–H and O–H groups in total. The summed E-state index contributed by atoms with van der Waals surface area (Å²) < 4.78 is 0. The number of pyridine rings is 1. The van der Waals surface area contributed by atoms with Gasteiger partial charge in [0.15, 0.2) is 0 Å². The van der Waals surface area contributed by atoms with Crippen molar-refractivity contribution in [1.82, 2.24) is 24.8 Å². The van der Waals surface area contributed by atoms with Gasteiger partial charge in [0.2, 0.25) is 5.91 Å². The van der Waals surface area contributed by atoms with E-state index in [9.17, 15) is 4.79 Å². The summed E-state index contributed by atoms with van der Waals surface area (Å²) in [5.74, 6) is 1.04. The Labute approximate surface area is 196 Å². The summed E-state index contributed by atoms with van der Waals surface area (Å²) >= 11 is 0. The van der Waals surface area contributed by atoms with Gasteiger partial charge in [-0.1, -0.05) is 44.2 Å². The maximum absolute atomic E-state index is 13.5. The molecule has 0 radical (unpaired) electrons. The summed E-state index contributed by atoms with van der Waals surface area (Å²) in [6.07, 6.45) is 10.1. The molecular weight excluding hydrogens is 410 g/mol. The molecule has 0 saturated carbocycles. The van der Waals surface area contributed by atoms with Crippen LogP contribution in [0.3, 0.4) is 0 Å². The normalized spacial score (nSPS) is 17.2. The zero-order valence-electron chi connectivity index (χ0n) is 19.7. The number of aryl methyl sites for hydroxylation is 1. The standard InChI is InChI=1S/C27H33N5O/c1-3-12-32-14-13-31(19-21-16-29-26(4-2)30-17-21)20-24(27(32)33)15-22-8-5-6-10-25(22)23-9-7-11-28-18-23/h5-11,16-18,24H,3-4,12-15,19-20H2,1-2H3/t24-/m1/s1. The molecule has 3 heterocycles. The third-order valence-electron chi connectivity index (χ3n) is 6.26. The van der Waals surface area contributed by atoms with E-state index in [1.807, 2.05) is 29.6 Å². The van der Waals surface area contributed by atoms with Crippen molar-refractivity contribution in [2.24, 2.45) is 5.92 Å². The van der Waals surface area contributed by atoms with Crippen molar-refractivity contribution in [2.75, 3.05) is 26.2 Å². The predicted octanol–water partition coefficient (Wildman–Crippen LogP) is 4.01. The van der Waals surface area contributed by atoms with Crippen LogP contribution in [0.5, 0.6) is 0 Å². The van der Waals surface area contributed by atoms with Crippen molar-refractivity contribution >= 4 is 5.91 Å². The van der Waals surface area contributed by atoms with Gasteiger partial charge in [0.05, 0.1) is 5.92 Å². The Morgan fingerprint density at radius 1 is 1.00 bits per heavy atom. The van der Waals surface area contributed by atoms with Crippen molar-refractivity contribution in [3.05, 3.63) is 78.1 Å². The van der Waals surface area contributed by atoms with Crippen molar-refractivity contribution in [3.63, 3.8) is 0 Å². The van der Waals surface area contributed by atoms with Gasteiger partial charge in [-0.25, -0.2) is 9.97 Å². The van der Waals surface area contributed by atoms with Crippen LogP contribution in [0.2, 0.25) is 0 Å². The number of nitrogens with zero attached hydrogens (tertiary/aromatic N) is 5. The molecular formula is C27H33N5O. The van der Waals surface area contributed by atoms with Gasteiger partial charge in [0, 0.05) is 75.1 Å². The number of aromatic nitrogens is 3. The Hall–Kier alpha value is -3.12. The van der Waals surface area contributed by atoms with Gasteiger partial charge in [-0.3, -0.25) is 14.7 Å². The van der Waals surface area contributed by atoms with Gasteiger partial charge in [-0.15, -0.1) is 0 Å². The van der Waals surface area contributed by atoms with Crippen LogP contribution in [0.25, 0.3) is 11.1 Å². The van der Waals surface area contributed by atoms with E-state index in [1.165, 1.54) is 5.56 Å². The summed E-state index contributed by atoms with van der Waals surface area (Å²) in [6, 6.07) is 12.4. The average molecular weight is 444 g/mol. The maximum atomic E-state index is 13.5. The minimum absolute atomic E-state index is 0.0901. The predicted molar refractivity (Wildman–Crippen MR) is 130 cm³/mol. The smallest absolute Gasteiger partial charge is 0.227 e. The van der Waals surface area contributed by atoms with Crippen LogP contribution >= 0.6 is 0 Å². The lowest BCUT2D eigenvalue weighted by atomic mass is 9.91. The summed E-state index contributed by atoms with van der Waals surface area (Å²) in [7, 11) is 0. The van der Waals surface area contributed by atoms with E-state index in [-0.39, 0.29) is 11.8 Å². The second kappa shape index (κ2) is 11.1. The van der Waals surface area contributed by atoms with E-state index in [0.29, 0.717) is 6.42 Å². The van der Waals surface area contributed by atoms with Crippen LogP contribution in [-0.4, -0.2) is 56.8 Å². The van der Waals surface area contributed by atoms with E-state index in [1.54, 1.807) is 6.20 Å². The van der Waals surface area contributed by atoms with Crippen molar-refractivity contribution < 1.29 is 4.79 Å². The highest BCUT2D eigenvalue weighted by molar-refractivity contribution is 5.80. The molecule has 6 nitrogen and oxygen atoms in total. The van der Waals surface area contributed by atoms with Gasteiger partial charge in [0.1, 0.15) is 5.82 Å². The molecule has 1 aromatic carbocycles. The topological polar surface area (TPSA) is 62.2 Å². The highest BCUT2D eigenvalue weighted by atomic mass is 16.2. The van der Waals surface area contributed by atoms with Crippen LogP contribution < -0.4 is 0 Å². The van der Waals surface area contributed by atoms with Crippen LogP contribution in [0.4, 0.5) is 0 Å². The highest BCUT2D eigenvalue weighted by Gasteiger charge is 2.30. The third kappa shape index (κ3) is 5.82. The molecule has 1 fully saturated rings. The molecule has 33 heavy (non-hydrogen) atoms. The van der Waals surface area contributed by atoms with E-state index in [2.05, 4.69) is 64.0 Å². The number of amides is 1. The molecule has 1 amide bonds. The molecule has 172 valence electrons. The molecule has 0 bridgehead atoms. The summed E-state index contributed by atoms with van der Waals surface area (Å²) in [5.41, 5.74) is 4.53. The lowest BCUT2D eigenvalue weighted by Gasteiger charge is -2.24. The second-order valence-electron chi connectivity index (χ2n) is 8.72. The number of carbonyl (C=O) groups excluding carboxylic acids is 1. The van der Waals surface area contributed by atoms with Crippen molar-refractivity contribution in [3.8, 4) is 11.1 Å². The first-order chi connectivity index (χ1) is 16.2. The lowest BCUT2D eigenvalue weighted by molar-refractivity contribution is -0.134. The first-order valence-corrected chi connectivity index (χ1v) is 12.0. The zero-order valence-corrected chi connectivity index (χ0v) is 19.7. The van der Waals surface area contributed by atoms with Crippen LogP contribution in [0.1, 0.15) is 37.2 Å². The van der Waals surface area contributed by atoms with E-state index >= 15 is 0 Å². The number of hydrogen-bond acceptors (Lipinski definition) is 5. The van der Waals surface area contributed by atoms with E-state index in [4.69, 9.17) is 0 Å². The summed E-state index contributed by atoms with van der Waals surface area (Å²) in [4.78, 5) is 31.2.